The normalized spacial score (nSPS) is 17.7. The second-order valence-electron chi connectivity index (χ2n) is 5.06. The molecule has 0 unspecified atom stereocenters. The fourth-order valence-corrected chi connectivity index (χ4v) is 3.02. The van der Waals surface area contributed by atoms with Crippen molar-refractivity contribution in [3.8, 4) is 0 Å². The van der Waals surface area contributed by atoms with E-state index in [4.69, 9.17) is 0 Å². The maximum Gasteiger partial charge on any atom is 0.0110 e. The highest BCUT2D eigenvalue weighted by molar-refractivity contribution is 7.99. The Morgan fingerprint density at radius 1 is 1.05 bits per heavy atom. The van der Waals surface area contributed by atoms with Crippen molar-refractivity contribution in [2.45, 2.75) is 4.90 Å². The average molecular weight is 279 g/mol. The molecule has 4 heteroatoms. The summed E-state index contributed by atoms with van der Waals surface area (Å²) in [5.74, 6) is 1.15. The van der Waals surface area contributed by atoms with Crippen molar-refractivity contribution in [3.63, 3.8) is 0 Å². The summed E-state index contributed by atoms with van der Waals surface area (Å²) in [6, 6.07) is 10.6. The molecule has 1 fully saturated rings. The highest BCUT2D eigenvalue weighted by atomic mass is 32.2. The molecule has 1 aromatic carbocycles. The zero-order valence-electron chi connectivity index (χ0n) is 11.8. The van der Waals surface area contributed by atoms with Crippen LogP contribution in [0.1, 0.15) is 0 Å². The van der Waals surface area contributed by atoms with Crippen LogP contribution >= 0.6 is 11.8 Å². The van der Waals surface area contributed by atoms with E-state index in [0.29, 0.717) is 0 Å². The quantitative estimate of drug-likeness (QED) is 0.603. The van der Waals surface area contributed by atoms with Crippen LogP contribution in [0, 0.1) is 0 Å². The summed E-state index contributed by atoms with van der Waals surface area (Å²) in [4.78, 5) is 6.32. The lowest BCUT2D eigenvalue weighted by molar-refractivity contribution is 0.155. The van der Waals surface area contributed by atoms with Crippen LogP contribution in [-0.4, -0.2) is 68.4 Å². The van der Waals surface area contributed by atoms with Crippen molar-refractivity contribution >= 4 is 11.8 Å². The van der Waals surface area contributed by atoms with Gasteiger partial charge in [0.1, 0.15) is 0 Å². The first kappa shape index (κ1) is 14.9. The van der Waals surface area contributed by atoms with Gasteiger partial charge in [-0.25, -0.2) is 0 Å². The molecular weight excluding hydrogens is 254 g/mol. The van der Waals surface area contributed by atoms with Crippen LogP contribution in [0.25, 0.3) is 0 Å². The zero-order valence-corrected chi connectivity index (χ0v) is 12.7. The first-order valence-corrected chi connectivity index (χ1v) is 8.12. The molecule has 0 spiro atoms. The maximum atomic E-state index is 3.54. The van der Waals surface area contributed by atoms with Crippen LogP contribution in [0.5, 0.6) is 0 Å². The minimum absolute atomic E-state index is 1.09. The molecule has 3 nitrogen and oxygen atoms in total. The molecule has 2 rings (SSSR count). The topological polar surface area (TPSA) is 18.5 Å². The van der Waals surface area contributed by atoms with E-state index in [0.717, 1.165) is 18.8 Å². The maximum absolute atomic E-state index is 3.54. The van der Waals surface area contributed by atoms with Gasteiger partial charge in [-0.15, -0.1) is 11.8 Å². The van der Waals surface area contributed by atoms with Crippen LogP contribution in [0.4, 0.5) is 0 Å². The minimum atomic E-state index is 1.09. The number of hydrogen-bond acceptors (Lipinski definition) is 4. The fraction of sp³-hybridized carbons (Fsp3) is 0.600. The molecular formula is C15H25N3S. The predicted molar refractivity (Wildman–Crippen MR) is 84.0 cm³/mol. The third-order valence-corrected chi connectivity index (χ3v) is 4.51. The van der Waals surface area contributed by atoms with E-state index in [2.05, 4.69) is 52.5 Å². The van der Waals surface area contributed by atoms with Crippen molar-refractivity contribution in [2.75, 3.05) is 58.6 Å². The highest BCUT2D eigenvalue weighted by Crippen LogP contribution is 2.15. The van der Waals surface area contributed by atoms with E-state index in [9.17, 15) is 0 Å². The van der Waals surface area contributed by atoms with E-state index in [1.165, 1.54) is 37.6 Å². The Hall–Kier alpha value is -0.550. The number of rotatable bonds is 7. The standard InChI is InChI=1S/C15H25N3S/c1-17-10-12-18(13-11-17)9-7-16-8-14-19-15-5-3-2-4-6-15/h2-6,16H,7-14H2,1H3. The number of thioether (sulfide) groups is 1. The second-order valence-corrected chi connectivity index (χ2v) is 6.22. The van der Waals surface area contributed by atoms with E-state index >= 15 is 0 Å². The molecule has 0 amide bonds. The molecule has 1 saturated heterocycles. The van der Waals surface area contributed by atoms with Gasteiger partial charge in [-0.3, -0.25) is 4.90 Å². The Bertz CT molecular complexity index is 337. The SMILES string of the molecule is CN1CCN(CCNCCSc2ccccc2)CC1. The van der Waals surface area contributed by atoms with Crippen LogP contribution < -0.4 is 5.32 Å². The van der Waals surface area contributed by atoms with Gasteiger partial charge in [0, 0.05) is 56.5 Å². The summed E-state index contributed by atoms with van der Waals surface area (Å²) in [5, 5.41) is 3.54. The van der Waals surface area contributed by atoms with Crippen molar-refractivity contribution in [1.29, 1.82) is 0 Å². The smallest absolute Gasteiger partial charge is 0.0110 e. The highest BCUT2D eigenvalue weighted by Gasteiger charge is 2.12. The average Bonchev–Trinajstić information content (AvgIpc) is 2.46. The molecule has 0 atom stereocenters. The number of nitrogens with one attached hydrogen (secondary N) is 1. The molecule has 106 valence electrons. The molecule has 0 aromatic heterocycles. The van der Waals surface area contributed by atoms with Gasteiger partial charge < -0.3 is 10.2 Å². The van der Waals surface area contributed by atoms with Gasteiger partial charge in [-0.05, 0) is 19.2 Å². The molecule has 0 radical (unpaired) electrons. The number of hydrogen-bond donors (Lipinski definition) is 1. The summed E-state index contributed by atoms with van der Waals surface area (Å²) in [6.07, 6.45) is 0. The lowest BCUT2D eigenvalue weighted by atomic mass is 10.3. The first-order chi connectivity index (χ1) is 9.34. The van der Waals surface area contributed by atoms with E-state index < -0.39 is 0 Å². The van der Waals surface area contributed by atoms with Crippen molar-refractivity contribution in [3.05, 3.63) is 30.3 Å². The van der Waals surface area contributed by atoms with Crippen LogP contribution in [0.2, 0.25) is 0 Å². The van der Waals surface area contributed by atoms with Crippen LogP contribution in [0.15, 0.2) is 35.2 Å². The summed E-state index contributed by atoms with van der Waals surface area (Å²) < 4.78 is 0. The van der Waals surface area contributed by atoms with Crippen molar-refractivity contribution in [1.82, 2.24) is 15.1 Å². The number of benzene rings is 1. The fourth-order valence-electron chi connectivity index (χ4n) is 2.19. The molecule has 1 aliphatic heterocycles. The minimum Gasteiger partial charge on any atom is -0.315 e. The third kappa shape index (κ3) is 5.95. The molecule has 19 heavy (non-hydrogen) atoms. The van der Waals surface area contributed by atoms with Gasteiger partial charge >= 0.3 is 0 Å². The van der Waals surface area contributed by atoms with Crippen molar-refractivity contribution < 1.29 is 0 Å². The van der Waals surface area contributed by atoms with Gasteiger partial charge in [0.05, 0.1) is 0 Å². The summed E-state index contributed by atoms with van der Waals surface area (Å²) >= 11 is 1.92. The lowest BCUT2D eigenvalue weighted by Gasteiger charge is -2.32. The number of piperazine rings is 1. The molecule has 1 heterocycles. The van der Waals surface area contributed by atoms with Crippen LogP contribution in [-0.2, 0) is 0 Å². The Morgan fingerprint density at radius 3 is 2.53 bits per heavy atom. The van der Waals surface area contributed by atoms with Gasteiger partial charge in [0.2, 0.25) is 0 Å². The second kappa shape index (κ2) is 8.59. The zero-order chi connectivity index (χ0) is 13.3. The van der Waals surface area contributed by atoms with Gasteiger partial charge in [-0.1, -0.05) is 18.2 Å². The summed E-state index contributed by atoms with van der Waals surface area (Å²) in [6.45, 7) is 8.25. The molecule has 1 aromatic rings. The summed E-state index contributed by atoms with van der Waals surface area (Å²) in [5.41, 5.74) is 0. The molecule has 1 aliphatic rings. The molecule has 1 N–H and O–H groups in total. The Kier molecular flexibility index (Phi) is 6.71. The first-order valence-electron chi connectivity index (χ1n) is 7.14. The lowest BCUT2D eigenvalue weighted by Crippen LogP contribution is -2.46. The van der Waals surface area contributed by atoms with E-state index in [-0.39, 0.29) is 0 Å². The largest absolute Gasteiger partial charge is 0.315 e. The van der Waals surface area contributed by atoms with E-state index in [1.54, 1.807) is 0 Å². The van der Waals surface area contributed by atoms with Gasteiger partial charge in [0.25, 0.3) is 0 Å². The Balaban J connectivity index is 1.46. The molecule has 0 bridgehead atoms. The predicted octanol–water partition coefficient (Wildman–Crippen LogP) is 1.62. The van der Waals surface area contributed by atoms with E-state index in [1.807, 2.05) is 11.8 Å². The Morgan fingerprint density at radius 2 is 1.79 bits per heavy atom. The number of likely N-dealkylation sites (N-methyl/N-ethyl adjacent to an activating group) is 1. The summed E-state index contributed by atoms with van der Waals surface area (Å²) in [7, 11) is 2.20. The van der Waals surface area contributed by atoms with Gasteiger partial charge in [0.15, 0.2) is 0 Å². The van der Waals surface area contributed by atoms with Crippen LogP contribution in [0.3, 0.4) is 0 Å². The third-order valence-electron chi connectivity index (χ3n) is 3.49. The molecule has 0 saturated carbocycles. The Labute approximate surface area is 121 Å². The molecule has 0 aliphatic carbocycles. The number of nitrogens with zero attached hydrogens (tertiary/aromatic N) is 2. The van der Waals surface area contributed by atoms with Gasteiger partial charge in [-0.2, -0.15) is 0 Å². The monoisotopic (exact) mass is 279 g/mol. The van der Waals surface area contributed by atoms with Crippen molar-refractivity contribution in [2.24, 2.45) is 0 Å².